The molecular weight excluding hydrogens is 444 g/mol. The fourth-order valence-corrected chi connectivity index (χ4v) is 6.11. The predicted octanol–water partition coefficient (Wildman–Crippen LogP) is 6.66. The number of hydrogen-bond acceptors (Lipinski definition) is 4. The molecule has 180 valence electrons. The number of carbonyl (C=O) groups is 1. The summed E-state index contributed by atoms with van der Waals surface area (Å²) in [5.41, 5.74) is 1.51. The highest BCUT2D eigenvalue weighted by Crippen LogP contribution is 2.28. The quantitative estimate of drug-likeness (QED) is 0.204. The molecule has 0 bridgehead atoms. The molecule has 0 spiro atoms. The van der Waals surface area contributed by atoms with E-state index in [0.29, 0.717) is 24.8 Å². The first-order valence-electron chi connectivity index (χ1n) is 12.1. The van der Waals surface area contributed by atoms with Crippen LogP contribution in [0.5, 0.6) is 0 Å². The second-order valence-electron chi connectivity index (χ2n) is 8.58. The molecule has 34 heavy (non-hydrogen) atoms. The molecule has 3 aromatic rings. The molecule has 0 saturated heterocycles. The van der Waals surface area contributed by atoms with Crippen LogP contribution < -0.4 is 0 Å². The van der Waals surface area contributed by atoms with E-state index >= 15 is 0 Å². The predicted molar refractivity (Wildman–Crippen MR) is 137 cm³/mol. The van der Waals surface area contributed by atoms with E-state index in [2.05, 4.69) is 6.92 Å². The monoisotopic (exact) mass is 478 g/mol. The number of benzene rings is 3. The van der Waals surface area contributed by atoms with Gasteiger partial charge in [0.05, 0.1) is 10.5 Å². The van der Waals surface area contributed by atoms with Crippen molar-refractivity contribution in [3.63, 3.8) is 0 Å². The number of hydrogen-bond donors (Lipinski definition) is 0. The number of esters is 1. The van der Waals surface area contributed by atoms with Gasteiger partial charge in [-0.05, 0) is 49.1 Å². The maximum Gasteiger partial charge on any atom is 0.338 e. The number of carbonyl (C=O) groups excluding carboxylic acids is 1. The topological polar surface area (TPSA) is 60.4 Å². The van der Waals surface area contributed by atoms with Gasteiger partial charge in [-0.15, -0.1) is 0 Å². The van der Waals surface area contributed by atoms with E-state index < -0.39 is 27.2 Å². The molecule has 0 heterocycles. The van der Waals surface area contributed by atoms with Crippen LogP contribution in [0.25, 0.3) is 0 Å². The van der Waals surface area contributed by atoms with E-state index in [-0.39, 0.29) is 4.90 Å². The van der Waals surface area contributed by atoms with Crippen LogP contribution in [0, 0.1) is 0 Å². The van der Waals surface area contributed by atoms with Crippen LogP contribution in [0.2, 0.25) is 0 Å². The summed E-state index contributed by atoms with van der Waals surface area (Å²) in [7, 11) is -3.70. The standard InChI is InChI=1S/C29H34O4S/c1-2-3-4-14-21-28(34(31,32)26-19-12-7-13-20-26)27(23-22-24-15-8-5-9-16-24)33-29(30)25-17-10-6-11-18-25/h5-13,15-20,27-28H,2-4,14,21-23H2,1H3. The molecule has 3 rings (SSSR count). The van der Waals surface area contributed by atoms with Crippen molar-refractivity contribution in [3.8, 4) is 0 Å². The maximum atomic E-state index is 13.8. The molecule has 0 aliphatic heterocycles. The lowest BCUT2D eigenvalue weighted by atomic mass is 10.0. The SMILES string of the molecule is CCCCCCC(C(CCc1ccccc1)OC(=O)c1ccccc1)S(=O)(=O)c1ccccc1. The van der Waals surface area contributed by atoms with Gasteiger partial charge < -0.3 is 4.74 Å². The molecule has 4 nitrogen and oxygen atoms in total. The summed E-state index contributed by atoms with van der Waals surface area (Å²) in [6, 6.07) is 27.2. The number of rotatable bonds is 13. The number of aryl methyl sites for hydroxylation is 1. The Morgan fingerprint density at radius 1 is 0.765 bits per heavy atom. The van der Waals surface area contributed by atoms with Crippen molar-refractivity contribution in [1.82, 2.24) is 0 Å². The summed E-state index contributed by atoms with van der Waals surface area (Å²) in [6.07, 6.45) is 4.62. The molecule has 0 radical (unpaired) electrons. The van der Waals surface area contributed by atoms with Gasteiger partial charge in [0.15, 0.2) is 9.84 Å². The zero-order valence-corrected chi connectivity index (χ0v) is 20.6. The lowest BCUT2D eigenvalue weighted by molar-refractivity contribution is 0.0265. The zero-order valence-electron chi connectivity index (χ0n) is 19.8. The highest BCUT2D eigenvalue weighted by atomic mass is 32.2. The molecule has 0 fully saturated rings. The highest BCUT2D eigenvalue weighted by molar-refractivity contribution is 7.92. The normalized spacial score (nSPS) is 13.2. The first-order chi connectivity index (χ1) is 16.5. The number of ether oxygens (including phenoxy) is 1. The summed E-state index contributed by atoms with van der Waals surface area (Å²) in [5.74, 6) is -0.486. The Morgan fingerprint density at radius 2 is 1.35 bits per heavy atom. The Labute approximate surface area is 203 Å². The third kappa shape index (κ3) is 7.29. The molecule has 5 heteroatoms. The van der Waals surface area contributed by atoms with E-state index in [1.165, 1.54) is 0 Å². The van der Waals surface area contributed by atoms with Gasteiger partial charge in [0.25, 0.3) is 0 Å². The molecule has 0 aliphatic rings. The fourth-order valence-electron chi connectivity index (χ4n) is 4.15. The lowest BCUT2D eigenvalue weighted by Gasteiger charge is -2.27. The Hall–Kier alpha value is -2.92. The van der Waals surface area contributed by atoms with Crippen LogP contribution in [0.15, 0.2) is 95.9 Å². The molecule has 0 saturated carbocycles. The van der Waals surface area contributed by atoms with Crippen molar-refractivity contribution >= 4 is 15.8 Å². The second-order valence-corrected chi connectivity index (χ2v) is 10.7. The van der Waals surface area contributed by atoms with Gasteiger partial charge >= 0.3 is 5.97 Å². The molecule has 2 atom stereocenters. The first-order valence-corrected chi connectivity index (χ1v) is 13.7. The smallest absolute Gasteiger partial charge is 0.338 e. The van der Waals surface area contributed by atoms with E-state index in [1.807, 2.05) is 36.4 Å². The minimum Gasteiger partial charge on any atom is -0.457 e. The van der Waals surface area contributed by atoms with E-state index in [0.717, 1.165) is 31.2 Å². The third-order valence-corrected chi connectivity index (χ3v) is 8.32. The Balaban J connectivity index is 1.91. The van der Waals surface area contributed by atoms with Crippen LogP contribution in [0.4, 0.5) is 0 Å². The van der Waals surface area contributed by atoms with Crippen molar-refractivity contribution in [2.24, 2.45) is 0 Å². The summed E-state index contributed by atoms with van der Waals surface area (Å²) >= 11 is 0. The van der Waals surface area contributed by atoms with E-state index in [9.17, 15) is 13.2 Å². The summed E-state index contributed by atoms with van der Waals surface area (Å²) in [6.45, 7) is 2.13. The van der Waals surface area contributed by atoms with Gasteiger partial charge in [-0.2, -0.15) is 0 Å². The van der Waals surface area contributed by atoms with Gasteiger partial charge in [-0.3, -0.25) is 0 Å². The van der Waals surface area contributed by atoms with Crippen LogP contribution >= 0.6 is 0 Å². The molecule has 2 unspecified atom stereocenters. The van der Waals surface area contributed by atoms with Crippen molar-refractivity contribution in [2.45, 2.75) is 68.1 Å². The Bertz CT molecular complexity index is 1100. The van der Waals surface area contributed by atoms with Gasteiger partial charge in [-0.25, -0.2) is 13.2 Å². The van der Waals surface area contributed by atoms with Crippen molar-refractivity contribution in [1.29, 1.82) is 0 Å². The minimum absolute atomic E-state index is 0.274. The van der Waals surface area contributed by atoms with E-state index in [4.69, 9.17) is 4.74 Å². The molecular formula is C29H34O4S. The molecule has 0 aliphatic carbocycles. The average molecular weight is 479 g/mol. The number of unbranched alkanes of at least 4 members (excludes halogenated alkanes) is 3. The minimum atomic E-state index is -3.70. The van der Waals surface area contributed by atoms with Crippen molar-refractivity contribution < 1.29 is 17.9 Å². The third-order valence-electron chi connectivity index (χ3n) is 6.06. The highest BCUT2D eigenvalue weighted by Gasteiger charge is 2.36. The van der Waals surface area contributed by atoms with Crippen LogP contribution in [0.1, 0.15) is 61.4 Å². The zero-order chi connectivity index (χ0) is 24.2. The summed E-state index contributed by atoms with van der Waals surface area (Å²) in [4.78, 5) is 13.3. The second kappa shape index (κ2) is 13.1. The summed E-state index contributed by atoms with van der Waals surface area (Å²) < 4.78 is 33.5. The van der Waals surface area contributed by atoms with Gasteiger partial charge in [-0.1, -0.05) is 99.3 Å². The lowest BCUT2D eigenvalue weighted by Crippen LogP contribution is -2.38. The Morgan fingerprint density at radius 3 is 1.97 bits per heavy atom. The van der Waals surface area contributed by atoms with E-state index in [1.54, 1.807) is 54.6 Å². The van der Waals surface area contributed by atoms with Crippen molar-refractivity contribution in [2.75, 3.05) is 0 Å². The summed E-state index contributed by atoms with van der Waals surface area (Å²) in [5, 5.41) is -0.803. The average Bonchev–Trinajstić information content (AvgIpc) is 2.88. The van der Waals surface area contributed by atoms with Gasteiger partial charge in [0.1, 0.15) is 11.4 Å². The Kier molecular flexibility index (Phi) is 9.89. The molecule has 0 amide bonds. The van der Waals surface area contributed by atoms with Gasteiger partial charge in [0, 0.05) is 0 Å². The van der Waals surface area contributed by atoms with Crippen LogP contribution in [0.3, 0.4) is 0 Å². The maximum absolute atomic E-state index is 13.8. The van der Waals surface area contributed by atoms with Crippen LogP contribution in [-0.2, 0) is 21.0 Å². The van der Waals surface area contributed by atoms with Gasteiger partial charge in [0.2, 0.25) is 0 Å². The molecule has 3 aromatic carbocycles. The fraction of sp³-hybridized carbons (Fsp3) is 0.345. The first kappa shape index (κ1) is 25.7. The van der Waals surface area contributed by atoms with Crippen molar-refractivity contribution in [3.05, 3.63) is 102 Å². The molecule has 0 N–H and O–H groups in total. The number of sulfone groups is 1. The van der Waals surface area contributed by atoms with Crippen LogP contribution in [-0.4, -0.2) is 25.7 Å². The molecule has 0 aromatic heterocycles. The largest absolute Gasteiger partial charge is 0.457 e.